The van der Waals surface area contributed by atoms with Gasteiger partial charge in [0.05, 0.1) is 12.4 Å². The first-order valence-electron chi connectivity index (χ1n) is 5.45. The summed E-state index contributed by atoms with van der Waals surface area (Å²) in [6.07, 6.45) is 2.20. The van der Waals surface area contributed by atoms with Crippen LogP contribution in [0.4, 0.5) is 16.0 Å². The zero-order valence-electron chi connectivity index (χ0n) is 9.64. The van der Waals surface area contributed by atoms with Gasteiger partial charge in [0.15, 0.2) is 5.82 Å². The van der Waals surface area contributed by atoms with Crippen LogP contribution in [-0.2, 0) is 0 Å². The first kappa shape index (κ1) is 12.3. The lowest BCUT2D eigenvalue weighted by Crippen LogP contribution is -2.10. The molecule has 5 nitrogen and oxygen atoms in total. The summed E-state index contributed by atoms with van der Waals surface area (Å²) in [6.45, 7) is 0.912. The molecule has 94 valence electrons. The number of hydrogen-bond acceptors (Lipinski definition) is 5. The van der Waals surface area contributed by atoms with Gasteiger partial charge in [0.1, 0.15) is 12.4 Å². The summed E-state index contributed by atoms with van der Waals surface area (Å²) in [4.78, 5) is 7.61. The summed E-state index contributed by atoms with van der Waals surface area (Å²) < 4.78 is 18.0. The molecule has 0 amide bonds. The average Bonchev–Trinajstić information content (AvgIpc) is 2.40. The van der Waals surface area contributed by atoms with Gasteiger partial charge in [0.2, 0.25) is 5.95 Å². The van der Waals surface area contributed by atoms with Gasteiger partial charge in [-0.2, -0.15) is 0 Å². The number of halogens is 1. The normalized spacial score (nSPS) is 10.1. The van der Waals surface area contributed by atoms with E-state index in [2.05, 4.69) is 15.3 Å². The fraction of sp³-hybridized carbons (Fsp3) is 0.167. The van der Waals surface area contributed by atoms with E-state index in [0.717, 1.165) is 18.1 Å². The third-order valence-corrected chi connectivity index (χ3v) is 2.10. The SMILES string of the molecule is NCCOc1cccc(Nc2ncc(F)cn2)c1. The number of nitrogens with zero attached hydrogens (tertiary/aromatic N) is 2. The molecule has 0 atom stereocenters. The Hall–Kier alpha value is -2.21. The molecule has 18 heavy (non-hydrogen) atoms. The minimum Gasteiger partial charge on any atom is -0.492 e. The van der Waals surface area contributed by atoms with Crippen LogP contribution < -0.4 is 15.8 Å². The predicted octanol–water partition coefficient (Wildman–Crippen LogP) is 1.70. The van der Waals surface area contributed by atoms with E-state index in [4.69, 9.17) is 10.5 Å². The lowest BCUT2D eigenvalue weighted by atomic mass is 10.3. The van der Waals surface area contributed by atoms with Crippen LogP contribution in [0.5, 0.6) is 5.75 Å². The van der Waals surface area contributed by atoms with Crippen LogP contribution >= 0.6 is 0 Å². The number of ether oxygens (including phenoxy) is 1. The Labute approximate surface area is 104 Å². The highest BCUT2D eigenvalue weighted by Gasteiger charge is 2.00. The molecular formula is C12H13FN4O. The molecule has 3 N–H and O–H groups in total. The van der Waals surface area contributed by atoms with Gasteiger partial charge in [-0.1, -0.05) is 6.07 Å². The van der Waals surface area contributed by atoms with E-state index in [9.17, 15) is 4.39 Å². The number of benzene rings is 1. The van der Waals surface area contributed by atoms with Crippen molar-refractivity contribution >= 4 is 11.6 Å². The molecule has 0 aliphatic carbocycles. The summed E-state index contributed by atoms with van der Waals surface area (Å²) in [7, 11) is 0. The number of nitrogens with one attached hydrogen (secondary N) is 1. The molecule has 0 saturated carbocycles. The second-order valence-electron chi connectivity index (χ2n) is 3.51. The van der Waals surface area contributed by atoms with Crippen molar-refractivity contribution < 1.29 is 9.13 Å². The second kappa shape index (κ2) is 5.92. The first-order valence-corrected chi connectivity index (χ1v) is 5.45. The number of anilines is 2. The van der Waals surface area contributed by atoms with Crippen molar-refractivity contribution in [1.82, 2.24) is 9.97 Å². The van der Waals surface area contributed by atoms with Crippen LogP contribution in [-0.4, -0.2) is 23.1 Å². The van der Waals surface area contributed by atoms with Gasteiger partial charge in [0.25, 0.3) is 0 Å². The molecule has 0 radical (unpaired) electrons. The predicted molar refractivity (Wildman–Crippen MR) is 66.3 cm³/mol. The van der Waals surface area contributed by atoms with Crippen LogP contribution in [0, 0.1) is 5.82 Å². The summed E-state index contributed by atoms with van der Waals surface area (Å²) in [5.41, 5.74) is 6.12. The van der Waals surface area contributed by atoms with Gasteiger partial charge in [-0.25, -0.2) is 14.4 Å². The van der Waals surface area contributed by atoms with Crippen LogP contribution in [0.15, 0.2) is 36.7 Å². The van der Waals surface area contributed by atoms with Crippen molar-refractivity contribution in [2.75, 3.05) is 18.5 Å². The van der Waals surface area contributed by atoms with Crippen LogP contribution in [0.2, 0.25) is 0 Å². The van der Waals surface area contributed by atoms with Gasteiger partial charge in [-0.15, -0.1) is 0 Å². The van der Waals surface area contributed by atoms with Gasteiger partial charge < -0.3 is 15.8 Å². The molecule has 2 rings (SSSR count). The van der Waals surface area contributed by atoms with Crippen LogP contribution in [0.25, 0.3) is 0 Å². The summed E-state index contributed by atoms with van der Waals surface area (Å²) in [5, 5.41) is 2.95. The van der Waals surface area contributed by atoms with Crippen LogP contribution in [0.1, 0.15) is 0 Å². The Morgan fingerprint density at radius 1 is 1.28 bits per heavy atom. The molecule has 0 unspecified atom stereocenters. The summed E-state index contributed by atoms with van der Waals surface area (Å²) in [6, 6.07) is 7.29. The summed E-state index contributed by atoms with van der Waals surface area (Å²) in [5.74, 6) is 0.556. The maximum absolute atomic E-state index is 12.6. The maximum atomic E-state index is 12.6. The standard InChI is InChI=1S/C12H13FN4O/c13-9-7-15-12(16-8-9)17-10-2-1-3-11(6-10)18-5-4-14/h1-3,6-8H,4-5,14H2,(H,15,16,17). The van der Waals surface area contributed by atoms with Crippen molar-refractivity contribution in [3.8, 4) is 5.75 Å². The molecule has 0 spiro atoms. The summed E-state index contributed by atoms with van der Waals surface area (Å²) >= 11 is 0. The van der Waals surface area contributed by atoms with Crippen molar-refractivity contribution in [3.05, 3.63) is 42.5 Å². The maximum Gasteiger partial charge on any atom is 0.227 e. The van der Waals surface area contributed by atoms with Gasteiger partial charge in [0, 0.05) is 18.3 Å². The third kappa shape index (κ3) is 3.39. The highest BCUT2D eigenvalue weighted by Crippen LogP contribution is 2.19. The molecule has 0 aliphatic heterocycles. The number of aromatic nitrogens is 2. The third-order valence-electron chi connectivity index (χ3n) is 2.10. The number of nitrogens with two attached hydrogens (primary N) is 1. The lowest BCUT2D eigenvalue weighted by molar-refractivity contribution is 0.328. The Kier molecular flexibility index (Phi) is 4.03. The zero-order valence-corrected chi connectivity index (χ0v) is 9.64. The van der Waals surface area contributed by atoms with Crippen molar-refractivity contribution in [3.63, 3.8) is 0 Å². The smallest absolute Gasteiger partial charge is 0.227 e. The van der Waals surface area contributed by atoms with E-state index >= 15 is 0 Å². The topological polar surface area (TPSA) is 73.1 Å². The van der Waals surface area contributed by atoms with Gasteiger partial charge in [-0.05, 0) is 12.1 Å². The highest BCUT2D eigenvalue weighted by molar-refractivity contribution is 5.55. The Morgan fingerprint density at radius 3 is 2.78 bits per heavy atom. The highest BCUT2D eigenvalue weighted by atomic mass is 19.1. The van der Waals surface area contributed by atoms with E-state index in [1.54, 1.807) is 6.07 Å². The Balaban J connectivity index is 2.06. The van der Waals surface area contributed by atoms with E-state index in [0.29, 0.717) is 24.8 Å². The molecule has 0 fully saturated rings. The van der Waals surface area contributed by atoms with E-state index < -0.39 is 5.82 Å². The van der Waals surface area contributed by atoms with Crippen molar-refractivity contribution in [1.29, 1.82) is 0 Å². The van der Waals surface area contributed by atoms with E-state index in [-0.39, 0.29) is 0 Å². The van der Waals surface area contributed by atoms with E-state index in [1.165, 1.54) is 0 Å². The quantitative estimate of drug-likeness (QED) is 0.842. The molecule has 1 aromatic carbocycles. The molecule has 1 aromatic heterocycles. The molecule has 2 aromatic rings. The number of rotatable bonds is 5. The zero-order chi connectivity index (χ0) is 12.8. The van der Waals surface area contributed by atoms with Crippen molar-refractivity contribution in [2.45, 2.75) is 0 Å². The Morgan fingerprint density at radius 2 is 2.06 bits per heavy atom. The Bertz CT molecular complexity index is 504. The fourth-order valence-corrected chi connectivity index (χ4v) is 1.35. The minimum atomic E-state index is -0.472. The second-order valence-corrected chi connectivity index (χ2v) is 3.51. The minimum absolute atomic E-state index is 0.326. The molecule has 6 heteroatoms. The largest absolute Gasteiger partial charge is 0.492 e. The fourth-order valence-electron chi connectivity index (χ4n) is 1.35. The van der Waals surface area contributed by atoms with E-state index in [1.807, 2.05) is 18.2 Å². The molecule has 0 saturated heterocycles. The first-order chi connectivity index (χ1) is 8.78. The monoisotopic (exact) mass is 248 g/mol. The molecule has 1 heterocycles. The number of hydrogen-bond donors (Lipinski definition) is 2. The van der Waals surface area contributed by atoms with Gasteiger partial charge >= 0.3 is 0 Å². The lowest BCUT2D eigenvalue weighted by Gasteiger charge is -2.08. The van der Waals surface area contributed by atoms with Crippen molar-refractivity contribution in [2.24, 2.45) is 5.73 Å². The molecular weight excluding hydrogens is 235 g/mol. The molecule has 0 bridgehead atoms. The molecule has 0 aliphatic rings. The van der Waals surface area contributed by atoms with Crippen LogP contribution in [0.3, 0.4) is 0 Å². The average molecular weight is 248 g/mol. The van der Waals surface area contributed by atoms with Gasteiger partial charge in [-0.3, -0.25) is 0 Å².